The summed E-state index contributed by atoms with van der Waals surface area (Å²) in [5.74, 6) is 1.93. The molecule has 2 rings (SSSR count). The lowest BCUT2D eigenvalue weighted by atomic mass is 10.1. The van der Waals surface area contributed by atoms with Gasteiger partial charge in [-0.05, 0) is 22.8 Å². The van der Waals surface area contributed by atoms with Crippen molar-refractivity contribution in [3.63, 3.8) is 0 Å². The zero-order valence-electron chi connectivity index (χ0n) is 7.68. The van der Waals surface area contributed by atoms with Crippen LogP contribution in [0.2, 0.25) is 5.02 Å². The number of halogens is 2. The van der Waals surface area contributed by atoms with Gasteiger partial charge < -0.3 is 0 Å². The molecule has 0 amide bonds. The third kappa shape index (κ3) is 1.42. The standard InChI is InChI=1S/C10H12Cl2S/c1-10(2)6(5-11)8(10)9-7(12)3-4-13-9/h3-4,6,8H,5H2,1-2H3. The lowest BCUT2D eigenvalue weighted by molar-refractivity contribution is 0.578. The number of hydrogen-bond donors (Lipinski definition) is 0. The van der Waals surface area contributed by atoms with Crippen molar-refractivity contribution in [2.45, 2.75) is 19.8 Å². The van der Waals surface area contributed by atoms with Gasteiger partial charge in [-0.3, -0.25) is 0 Å². The van der Waals surface area contributed by atoms with Crippen molar-refractivity contribution in [1.29, 1.82) is 0 Å². The largest absolute Gasteiger partial charge is 0.147 e. The van der Waals surface area contributed by atoms with Crippen LogP contribution in [0.1, 0.15) is 24.6 Å². The first-order valence-corrected chi connectivity index (χ1v) is 6.17. The van der Waals surface area contributed by atoms with Crippen LogP contribution in [0, 0.1) is 11.3 Å². The molecule has 1 fully saturated rings. The first-order chi connectivity index (χ1) is 6.09. The Balaban J connectivity index is 2.26. The smallest absolute Gasteiger partial charge is 0.0548 e. The topological polar surface area (TPSA) is 0 Å². The van der Waals surface area contributed by atoms with E-state index in [-0.39, 0.29) is 0 Å². The molecule has 0 bridgehead atoms. The Morgan fingerprint density at radius 2 is 2.23 bits per heavy atom. The Morgan fingerprint density at radius 1 is 1.54 bits per heavy atom. The van der Waals surface area contributed by atoms with Gasteiger partial charge in [-0.25, -0.2) is 0 Å². The fourth-order valence-corrected chi connectivity index (χ4v) is 4.19. The number of rotatable bonds is 2. The molecule has 0 radical (unpaired) electrons. The highest BCUT2D eigenvalue weighted by Crippen LogP contribution is 2.66. The van der Waals surface area contributed by atoms with Crippen molar-refractivity contribution >= 4 is 34.5 Å². The number of alkyl halides is 1. The monoisotopic (exact) mass is 234 g/mol. The predicted octanol–water partition coefficient (Wildman–Crippen LogP) is 4.38. The van der Waals surface area contributed by atoms with E-state index >= 15 is 0 Å². The van der Waals surface area contributed by atoms with Gasteiger partial charge in [0.1, 0.15) is 0 Å². The van der Waals surface area contributed by atoms with Crippen molar-refractivity contribution in [3.8, 4) is 0 Å². The highest BCUT2D eigenvalue weighted by molar-refractivity contribution is 7.10. The third-order valence-electron chi connectivity index (χ3n) is 3.14. The minimum absolute atomic E-state index is 0.343. The van der Waals surface area contributed by atoms with Gasteiger partial charge in [0.25, 0.3) is 0 Å². The molecule has 0 nitrogen and oxygen atoms in total. The van der Waals surface area contributed by atoms with Crippen LogP contribution in [-0.2, 0) is 0 Å². The molecule has 13 heavy (non-hydrogen) atoms. The van der Waals surface area contributed by atoms with Crippen LogP contribution in [0.15, 0.2) is 11.4 Å². The van der Waals surface area contributed by atoms with E-state index in [1.807, 2.05) is 6.07 Å². The minimum Gasteiger partial charge on any atom is -0.147 e. The van der Waals surface area contributed by atoms with Crippen LogP contribution in [0.3, 0.4) is 0 Å². The van der Waals surface area contributed by atoms with Crippen LogP contribution in [0.25, 0.3) is 0 Å². The molecule has 0 saturated heterocycles. The molecule has 1 saturated carbocycles. The quantitative estimate of drug-likeness (QED) is 0.667. The SMILES string of the molecule is CC1(C)C(CCl)C1c1sccc1Cl. The van der Waals surface area contributed by atoms with Gasteiger partial charge in [-0.1, -0.05) is 25.4 Å². The van der Waals surface area contributed by atoms with Crippen molar-refractivity contribution in [3.05, 3.63) is 21.3 Å². The first kappa shape index (κ1) is 9.82. The van der Waals surface area contributed by atoms with Gasteiger partial charge in [0, 0.05) is 16.7 Å². The molecule has 1 aromatic rings. The molecule has 0 aromatic carbocycles. The van der Waals surface area contributed by atoms with E-state index in [9.17, 15) is 0 Å². The maximum atomic E-state index is 6.09. The highest BCUT2D eigenvalue weighted by Gasteiger charge is 2.58. The Bertz CT molecular complexity index is 316. The zero-order valence-corrected chi connectivity index (χ0v) is 10.0. The molecule has 0 spiro atoms. The normalized spacial score (nSPS) is 30.5. The van der Waals surface area contributed by atoms with Crippen molar-refractivity contribution in [2.24, 2.45) is 11.3 Å². The summed E-state index contributed by atoms with van der Waals surface area (Å²) in [5.41, 5.74) is 0.343. The lowest BCUT2D eigenvalue weighted by Crippen LogP contribution is -1.90. The molecular formula is C10H12Cl2S. The fourth-order valence-electron chi connectivity index (χ4n) is 2.08. The van der Waals surface area contributed by atoms with Crippen LogP contribution in [-0.4, -0.2) is 5.88 Å². The van der Waals surface area contributed by atoms with E-state index < -0.39 is 0 Å². The Kier molecular flexibility index (Phi) is 2.38. The average molecular weight is 235 g/mol. The van der Waals surface area contributed by atoms with Crippen LogP contribution in [0.4, 0.5) is 0 Å². The maximum absolute atomic E-state index is 6.09. The van der Waals surface area contributed by atoms with E-state index in [2.05, 4.69) is 19.2 Å². The minimum atomic E-state index is 0.343. The maximum Gasteiger partial charge on any atom is 0.0548 e. The van der Waals surface area contributed by atoms with E-state index in [1.165, 1.54) is 4.88 Å². The second kappa shape index (κ2) is 3.15. The van der Waals surface area contributed by atoms with Gasteiger partial charge >= 0.3 is 0 Å². The number of hydrogen-bond acceptors (Lipinski definition) is 1. The van der Waals surface area contributed by atoms with Gasteiger partial charge in [0.05, 0.1) is 5.02 Å². The second-order valence-electron chi connectivity index (χ2n) is 4.19. The van der Waals surface area contributed by atoms with Gasteiger partial charge in [0.15, 0.2) is 0 Å². The van der Waals surface area contributed by atoms with Crippen LogP contribution in [0.5, 0.6) is 0 Å². The first-order valence-electron chi connectivity index (χ1n) is 4.38. The molecule has 0 aliphatic heterocycles. The van der Waals surface area contributed by atoms with E-state index in [0.29, 0.717) is 17.3 Å². The van der Waals surface area contributed by atoms with Crippen molar-refractivity contribution in [1.82, 2.24) is 0 Å². The molecule has 0 N–H and O–H groups in total. The van der Waals surface area contributed by atoms with Crippen molar-refractivity contribution in [2.75, 3.05) is 5.88 Å². The summed E-state index contributed by atoms with van der Waals surface area (Å²) in [6.45, 7) is 4.53. The molecule has 1 aliphatic rings. The summed E-state index contributed by atoms with van der Waals surface area (Å²) >= 11 is 13.8. The zero-order chi connectivity index (χ0) is 9.64. The molecule has 2 atom stereocenters. The Labute approximate surface area is 92.9 Å². The summed E-state index contributed by atoms with van der Waals surface area (Å²) in [7, 11) is 0. The fraction of sp³-hybridized carbons (Fsp3) is 0.600. The average Bonchev–Trinajstić information content (AvgIpc) is 2.41. The molecular weight excluding hydrogens is 223 g/mol. The third-order valence-corrected chi connectivity index (χ3v) is 4.92. The molecule has 3 heteroatoms. The van der Waals surface area contributed by atoms with E-state index in [4.69, 9.17) is 23.2 Å². The van der Waals surface area contributed by atoms with E-state index in [0.717, 1.165) is 10.9 Å². The summed E-state index contributed by atoms with van der Waals surface area (Å²) in [4.78, 5) is 1.32. The van der Waals surface area contributed by atoms with E-state index in [1.54, 1.807) is 11.3 Å². The Hall–Kier alpha value is 0.280. The summed E-state index contributed by atoms with van der Waals surface area (Å²) in [6.07, 6.45) is 0. The number of thiophene rings is 1. The van der Waals surface area contributed by atoms with Crippen LogP contribution < -0.4 is 0 Å². The molecule has 1 aliphatic carbocycles. The summed E-state index contributed by atoms with van der Waals surface area (Å²) in [6, 6.07) is 1.97. The predicted molar refractivity (Wildman–Crippen MR) is 60.1 cm³/mol. The molecule has 1 aromatic heterocycles. The van der Waals surface area contributed by atoms with Gasteiger partial charge in [-0.15, -0.1) is 22.9 Å². The van der Waals surface area contributed by atoms with Crippen LogP contribution >= 0.6 is 34.5 Å². The lowest BCUT2D eigenvalue weighted by Gasteiger charge is -1.99. The molecule has 2 unspecified atom stereocenters. The van der Waals surface area contributed by atoms with Gasteiger partial charge in [0.2, 0.25) is 0 Å². The van der Waals surface area contributed by atoms with Crippen molar-refractivity contribution < 1.29 is 0 Å². The Morgan fingerprint density at radius 3 is 2.62 bits per heavy atom. The second-order valence-corrected chi connectivity index (χ2v) is 5.86. The highest BCUT2D eigenvalue weighted by atomic mass is 35.5. The summed E-state index contributed by atoms with van der Waals surface area (Å²) in [5, 5.41) is 2.97. The summed E-state index contributed by atoms with van der Waals surface area (Å²) < 4.78 is 0. The van der Waals surface area contributed by atoms with Gasteiger partial charge in [-0.2, -0.15) is 0 Å². The molecule has 72 valence electrons. The molecule has 1 heterocycles.